The third-order valence-corrected chi connectivity index (χ3v) is 13.2. The molecule has 1 unspecified atom stereocenters. The van der Waals surface area contributed by atoms with Gasteiger partial charge in [0.25, 0.3) is 0 Å². The van der Waals surface area contributed by atoms with Gasteiger partial charge in [0.05, 0.1) is 6.42 Å². The first-order chi connectivity index (χ1) is 38.0. The Kier molecular flexibility index (Phi) is 60.4. The molecule has 0 aromatic carbocycles. The van der Waals surface area contributed by atoms with Crippen LogP contribution in [0.4, 0.5) is 0 Å². The zero-order chi connectivity index (χ0) is 55.7. The van der Waals surface area contributed by atoms with Gasteiger partial charge in [-0.3, -0.25) is 14.4 Å². The summed E-state index contributed by atoms with van der Waals surface area (Å²) in [6.07, 6.45) is 90.5. The van der Waals surface area contributed by atoms with Crippen molar-refractivity contribution in [2.45, 2.75) is 284 Å². The molecule has 0 aromatic heterocycles. The van der Waals surface area contributed by atoms with E-state index < -0.39 is 12.1 Å². The van der Waals surface area contributed by atoms with Crippen molar-refractivity contribution in [1.82, 2.24) is 0 Å². The molecule has 0 amide bonds. The lowest BCUT2D eigenvalue weighted by atomic mass is 10.0. The van der Waals surface area contributed by atoms with Gasteiger partial charge in [-0.15, -0.1) is 0 Å². The van der Waals surface area contributed by atoms with Gasteiger partial charge in [-0.1, -0.05) is 276 Å². The van der Waals surface area contributed by atoms with Crippen LogP contribution in [0.2, 0.25) is 0 Å². The highest BCUT2D eigenvalue weighted by atomic mass is 16.6. The molecular formula is C71H116O6. The van der Waals surface area contributed by atoms with Crippen molar-refractivity contribution in [2.24, 2.45) is 0 Å². The van der Waals surface area contributed by atoms with E-state index in [2.05, 4.69) is 142 Å². The van der Waals surface area contributed by atoms with E-state index >= 15 is 0 Å². The van der Waals surface area contributed by atoms with E-state index in [0.717, 1.165) is 103 Å². The fraction of sp³-hybridized carbons (Fsp3) is 0.648. The van der Waals surface area contributed by atoms with Gasteiger partial charge >= 0.3 is 17.9 Å². The molecular weight excluding hydrogens is 949 g/mol. The van der Waals surface area contributed by atoms with E-state index in [1.165, 1.54) is 135 Å². The molecule has 436 valence electrons. The van der Waals surface area contributed by atoms with Crippen LogP contribution in [0.3, 0.4) is 0 Å². The molecule has 6 heteroatoms. The molecule has 77 heavy (non-hydrogen) atoms. The van der Waals surface area contributed by atoms with Crippen LogP contribution in [0, 0.1) is 0 Å². The number of allylic oxidation sites excluding steroid dienone is 21. The second kappa shape index (κ2) is 64.1. The average molecular weight is 1070 g/mol. The SMILES string of the molecule is CC/C=C\C/C=C\C/C=C\C/C=C\C/C=C\CCCCCCCCCCCCCC(=O)OCC(COC(=O)C/C=C\C/C=C\C/C=C\C/C=C\C/C=C\CC)OC(=O)CCCCCCCCC/C=C\CCCCCCCC. The van der Waals surface area contributed by atoms with Gasteiger partial charge in [-0.25, -0.2) is 0 Å². The molecule has 0 fully saturated rings. The van der Waals surface area contributed by atoms with Crippen molar-refractivity contribution in [3.8, 4) is 0 Å². The molecule has 6 nitrogen and oxygen atoms in total. The normalized spacial score (nSPS) is 13.0. The van der Waals surface area contributed by atoms with Gasteiger partial charge < -0.3 is 14.2 Å². The zero-order valence-corrected chi connectivity index (χ0v) is 49.9. The Bertz CT molecular complexity index is 1650. The lowest BCUT2D eigenvalue weighted by Crippen LogP contribution is -2.30. The Morgan fingerprint density at radius 3 is 0.922 bits per heavy atom. The van der Waals surface area contributed by atoms with Gasteiger partial charge in [0.1, 0.15) is 13.2 Å². The van der Waals surface area contributed by atoms with E-state index in [1.807, 2.05) is 6.08 Å². The number of carbonyl (C=O) groups is 3. The molecule has 0 spiro atoms. The van der Waals surface area contributed by atoms with Crippen molar-refractivity contribution in [3.63, 3.8) is 0 Å². The third-order valence-electron chi connectivity index (χ3n) is 13.2. The summed E-state index contributed by atoms with van der Waals surface area (Å²) in [6.45, 7) is 6.32. The van der Waals surface area contributed by atoms with Crippen LogP contribution < -0.4 is 0 Å². The molecule has 0 aromatic rings. The second-order valence-electron chi connectivity index (χ2n) is 20.6. The smallest absolute Gasteiger partial charge is 0.309 e. The Morgan fingerprint density at radius 1 is 0.286 bits per heavy atom. The van der Waals surface area contributed by atoms with Gasteiger partial charge in [-0.05, 0) is 116 Å². The summed E-state index contributed by atoms with van der Waals surface area (Å²) in [5, 5.41) is 0. The second-order valence-corrected chi connectivity index (χ2v) is 20.6. The predicted octanol–water partition coefficient (Wildman–Crippen LogP) is 21.8. The first kappa shape index (κ1) is 72.5. The molecule has 0 radical (unpaired) electrons. The lowest BCUT2D eigenvalue weighted by molar-refractivity contribution is -0.166. The van der Waals surface area contributed by atoms with E-state index in [-0.39, 0.29) is 31.6 Å². The van der Waals surface area contributed by atoms with Gasteiger partial charge in [-0.2, -0.15) is 0 Å². The predicted molar refractivity (Wildman–Crippen MR) is 334 cm³/mol. The molecule has 0 saturated heterocycles. The number of esters is 3. The molecule has 0 heterocycles. The number of hydrogen-bond donors (Lipinski definition) is 0. The number of hydrogen-bond acceptors (Lipinski definition) is 6. The minimum Gasteiger partial charge on any atom is -0.462 e. The lowest BCUT2D eigenvalue weighted by Gasteiger charge is -2.18. The Labute approximate surface area is 475 Å². The summed E-state index contributed by atoms with van der Waals surface area (Å²) in [5.41, 5.74) is 0. The molecule has 0 rings (SSSR count). The quantitative estimate of drug-likeness (QED) is 0.0261. The summed E-state index contributed by atoms with van der Waals surface area (Å²) in [4.78, 5) is 38.2. The van der Waals surface area contributed by atoms with E-state index in [0.29, 0.717) is 12.8 Å². The molecule has 0 aliphatic rings. The van der Waals surface area contributed by atoms with Crippen LogP contribution in [-0.2, 0) is 28.6 Å². The molecule has 0 bridgehead atoms. The van der Waals surface area contributed by atoms with Crippen molar-refractivity contribution in [2.75, 3.05) is 13.2 Å². The van der Waals surface area contributed by atoms with E-state index in [1.54, 1.807) is 6.08 Å². The summed E-state index contributed by atoms with van der Waals surface area (Å²) < 4.78 is 16.8. The van der Waals surface area contributed by atoms with Crippen molar-refractivity contribution >= 4 is 17.9 Å². The van der Waals surface area contributed by atoms with Crippen molar-refractivity contribution in [1.29, 1.82) is 0 Å². The maximum absolute atomic E-state index is 12.9. The van der Waals surface area contributed by atoms with Crippen molar-refractivity contribution in [3.05, 3.63) is 134 Å². The maximum Gasteiger partial charge on any atom is 0.309 e. The maximum atomic E-state index is 12.9. The van der Waals surface area contributed by atoms with Gasteiger partial charge in [0.15, 0.2) is 6.10 Å². The van der Waals surface area contributed by atoms with Gasteiger partial charge in [0, 0.05) is 12.8 Å². The molecule has 1 atom stereocenters. The van der Waals surface area contributed by atoms with Crippen LogP contribution in [0.15, 0.2) is 134 Å². The monoisotopic (exact) mass is 1060 g/mol. The summed E-state index contributed by atoms with van der Waals surface area (Å²) in [7, 11) is 0. The number of carbonyl (C=O) groups excluding carboxylic acids is 3. The molecule has 0 N–H and O–H groups in total. The fourth-order valence-corrected chi connectivity index (χ4v) is 8.48. The van der Waals surface area contributed by atoms with Crippen LogP contribution in [-0.4, -0.2) is 37.2 Å². The Hall–Kier alpha value is -4.45. The first-order valence-electron chi connectivity index (χ1n) is 31.7. The Morgan fingerprint density at radius 2 is 0.558 bits per heavy atom. The number of unbranched alkanes of at least 4 members (excludes halogenated alkanes) is 24. The van der Waals surface area contributed by atoms with Crippen LogP contribution >= 0.6 is 0 Å². The standard InChI is InChI=1S/C71H116O6/c1-4-7-10-13-16-19-22-25-28-30-31-32-33-34-35-36-37-38-39-41-43-46-49-52-55-58-61-64-70(73)76-67-68(66-75-69(72)63-60-57-54-51-48-45-42-27-24-21-18-15-12-9-6-3)77-71(74)65-62-59-56-53-50-47-44-40-29-26-23-20-17-14-11-8-5-2/h7,9-10,12,16,18-19,21,25-29,31-32,34-35,42,48,51,57,60,68H,4-6,8,11,13-15,17,20,22-24,30,33,36-41,43-47,49-50,52-56,58-59,61-67H2,1-3H3/b10-7-,12-9-,19-16-,21-18-,28-25-,29-26-,32-31-,35-34-,42-27-,51-48-,60-57-. The minimum atomic E-state index is -0.826. The van der Waals surface area contributed by atoms with Crippen LogP contribution in [0.1, 0.15) is 278 Å². The van der Waals surface area contributed by atoms with E-state index in [9.17, 15) is 14.4 Å². The average Bonchev–Trinajstić information content (AvgIpc) is 3.43. The first-order valence-corrected chi connectivity index (χ1v) is 31.7. The fourth-order valence-electron chi connectivity index (χ4n) is 8.48. The zero-order valence-electron chi connectivity index (χ0n) is 49.9. The third kappa shape index (κ3) is 62.3. The Balaban J connectivity index is 4.40. The number of rotatable bonds is 56. The van der Waals surface area contributed by atoms with Crippen LogP contribution in [0.5, 0.6) is 0 Å². The molecule has 0 aliphatic heterocycles. The van der Waals surface area contributed by atoms with Crippen LogP contribution in [0.25, 0.3) is 0 Å². The molecule has 0 aliphatic carbocycles. The highest BCUT2D eigenvalue weighted by Crippen LogP contribution is 2.15. The summed E-state index contributed by atoms with van der Waals surface area (Å²) in [6, 6.07) is 0. The van der Waals surface area contributed by atoms with E-state index in [4.69, 9.17) is 14.2 Å². The summed E-state index contributed by atoms with van der Waals surface area (Å²) >= 11 is 0. The topological polar surface area (TPSA) is 78.9 Å². The molecule has 0 saturated carbocycles. The highest BCUT2D eigenvalue weighted by Gasteiger charge is 2.19. The highest BCUT2D eigenvalue weighted by molar-refractivity contribution is 5.72. The number of ether oxygens (including phenoxy) is 3. The summed E-state index contributed by atoms with van der Waals surface area (Å²) in [5.74, 6) is -1.05. The minimum absolute atomic E-state index is 0.114. The van der Waals surface area contributed by atoms with Crippen molar-refractivity contribution < 1.29 is 28.6 Å². The largest absolute Gasteiger partial charge is 0.462 e. The van der Waals surface area contributed by atoms with Gasteiger partial charge in [0.2, 0.25) is 0 Å².